The number of hydrogen-bond donors (Lipinski definition) is 1. The van der Waals surface area contributed by atoms with Gasteiger partial charge in [0.15, 0.2) is 11.5 Å². The summed E-state index contributed by atoms with van der Waals surface area (Å²) in [7, 11) is 3.22. The number of carbonyl (C=O) groups excluding carboxylic acids is 1. The fourth-order valence-corrected chi connectivity index (χ4v) is 3.37. The Balaban J connectivity index is 1.53. The molecular formula is C20H27N3O4. The summed E-state index contributed by atoms with van der Waals surface area (Å²) in [5.74, 6) is 1.85. The zero-order valence-corrected chi connectivity index (χ0v) is 16.1. The molecule has 27 heavy (non-hydrogen) atoms. The minimum Gasteiger partial charge on any atom is -0.493 e. The summed E-state index contributed by atoms with van der Waals surface area (Å²) in [6.07, 6.45) is 5.40. The minimum absolute atomic E-state index is 0.0958. The maximum Gasteiger partial charge on any atom is 0.271 e. The number of aromatic nitrogens is 2. The number of methoxy groups -OCH3 is 2. The average molecular weight is 373 g/mol. The van der Waals surface area contributed by atoms with Crippen molar-refractivity contribution in [2.24, 2.45) is 0 Å². The van der Waals surface area contributed by atoms with Crippen molar-refractivity contribution in [2.45, 2.75) is 51.3 Å². The van der Waals surface area contributed by atoms with E-state index in [0.29, 0.717) is 22.9 Å². The molecule has 2 aromatic rings. The first kappa shape index (κ1) is 19.1. The van der Waals surface area contributed by atoms with Crippen molar-refractivity contribution in [3.63, 3.8) is 0 Å². The molecule has 1 aromatic heterocycles. The molecule has 1 fully saturated rings. The van der Waals surface area contributed by atoms with Gasteiger partial charge in [0, 0.05) is 18.8 Å². The normalized spacial score (nSPS) is 19.4. The Labute approximate surface area is 159 Å². The molecule has 0 saturated heterocycles. The number of nitrogens with one attached hydrogen (secondary N) is 1. The zero-order valence-electron chi connectivity index (χ0n) is 16.1. The van der Waals surface area contributed by atoms with Crippen molar-refractivity contribution < 1.29 is 19.0 Å². The van der Waals surface area contributed by atoms with Crippen LogP contribution in [0.3, 0.4) is 0 Å². The van der Waals surface area contributed by atoms with E-state index < -0.39 is 0 Å². The highest BCUT2D eigenvalue weighted by atomic mass is 16.5. The molecule has 7 nitrogen and oxygen atoms in total. The summed E-state index contributed by atoms with van der Waals surface area (Å²) in [6, 6.07) is 7.52. The largest absolute Gasteiger partial charge is 0.493 e. The van der Waals surface area contributed by atoms with E-state index >= 15 is 0 Å². The Bertz CT molecular complexity index is 766. The van der Waals surface area contributed by atoms with Gasteiger partial charge in [-0.25, -0.2) is 0 Å². The second-order valence-electron chi connectivity index (χ2n) is 6.61. The quantitative estimate of drug-likeness (QED) is 0.807. The molecule has 3 rings (SSSR count). The van der Waals surface area contributed by atoms with Crippen molar-refractivity contribution in [2.75, 3.05) is 14.2 Å². The van der Waals surface area contributed by atoms with Gasteiger partial charge in [-0.1, -0.05) is 6.07 Å². The van der Waals surface area contributed by atoms with Crippen LogP contribution in [-0.2, 0) is 6.54 Å². The van der Waals surface area contributed by atoms with Crippen LogP contribution in [0.2, 0.25) is 0 Å². The van der Waals surface area contributed by atoms with E-state index in [2.05, 4.69) is 10.4 Å². The third kappa shape index (κ3) is 4.53. The molecule has 146 valence electrons. The molecule has 1 saturated carbocycles. The van der Waals surface area contributed by atoms with Gasteiger partial charge in [-0.3, -0.25) is 9.48 Å². The van der Waals surface area contributed by atoms with Gasteiger partial charge < -0.3 is 19.5 Å². The Morgan fingerprint density at radius 2 is 1.89 bits per heavy atom. The molecule has 0 spiro atoms. The second kappa shape index (κ2) is 8.79. The summed E-state index contributed by atoms with van der Waals surface area (Å²) in [5, 5.41) is 7.34. The molecule has 1 N–H and O–H groups in total. The number of benzene rings is 1. The molecule has 0 bridgehead atoms. The number of amides is 1. The van der Waals surface area contributed by atoms with Gasteiger partial charge in [-0.05, 0) is 50.8 Å². The molecule has 0 unspecified atom stereocenters. The first-order valence-electron chi connectivity index (χ1n) is 9.36. The smallest absolute Gasteiger partial charge is 0.271 e. The van der Waals surface area contributed by atoms with Crippen LogP contribution < -0.4 is 19.5 Å². The number of hydrogen-bond acceptors (Lipinski definition) is 5. The molecule has 1 heterocycles. The topological polar surface area (TPSA) is 74.6 Å². The lowest BCUT2D eigenvalue weighted by Gasteiger charge is -2.29. The van der Waals surface area contributed by atoms with Crippen LogP contribution in [-0.4, -0.2) is 42.1 Å². The Kier molecular flexibility index (Phi) is 6.21. The van der Waals surface area contributed by atoms with Gasteiger partial charge in [0.1, 0.15) is 5.69 Å². The molecule has 7 heteroatoms. The van der Waals surface area contributed by atoms with Crippen molar-refractivity contribution in [1.82, 2.24) is 15.1 Å². The molecule has 0 radical (unpaired) electrons. The maximum atomic E-state index is 12.3. The fraction of sp³-hybridized carbons (Fsp3) is 0.500. The predicted octanol–water partition coefficient (Wildman–Crippen LogP) is 3.04. The van der Waals surface area contributed by atoms with Crippen LogP contribution in [0.4, 0.5) is 0 Å². The molecule has 0 aliphatic heterocycles. The van der Waals surface area contributed by atoms with Crippen LogP contribution in [0, 0.1) is 0 Å². The third-order valence-electron chi connectivity index (χ3n) is 4.87. The predicted molar refractivity (Wildman–Crippen MR) is 102 cm³/mol. The van der Waals surface area contributed by atoms with Crippen LogP contribution in [0.1, 0.15) is 43.1 Å². The SMILES string of the molecule is CCn1ccc(C(=O)NC2CCC(Oc3cccc(OC)c3OC)CC2)n1. The van der Waals surface area contributed by atoms with Crippen molar-refractivity contribution in [1.29, 1.82) is 0 Å². The van der Waals surface area contributed by atoms with Crippen LogP contribution >= 0.6 is 0 Å². The summed E-state index contributed by atoms with van der Waals surface area (Å²) in [6.45, 7) is 2.75. The van der Waals surface area contributed by atoms with Gasteiger partial charge >= 0.3 is 0 Å². The standard InChI is InChI=1S/C20H27N3O4/c1-4-23-13-12-16(22-23)20(24)21-14-8-10-15(11-9-14)27-18-7-5-6-17(25-2)19(18)26-3/h5-7,12-15H,4,8-11H2,1-3H3,(H,21,24). The fourth-order valence-electron chi connectivity index (χ4n) is 3.37. The highest BCUT2D eigenvalue weighted by Crippen LogP contribution is 2.38. The van der Waals surface area contributed by atoms with Crippen molar-refractivity contribution in [3.8, 4) is 17.2 Å². The van der Waals surface area contributed by atoms with E-state index in [9.17, 15) is 4.79 Å². The van der Waals surface area contributed by atoms with Gasteiger partial charge in [0.2, 0.25) is 5.75 Å². The number of nitrogens with zero attached hydrogens (tertiary/aromatic N) is 2. The van der Waals surface area contributed by atoms with Gasteiger partial charge in [0.05, 0.1) is 20.3 Å². The van der Waals surface area contributed by atoms with Crippen molar-refractivity contribution >= 4 is 5.91 Å². The van der Waals surface area contributed by atoms with E-state index in [4.69, 9.17) is 14.2 Å². The van der Waals surface area contributed by atoms with Gasteiger partial charge in [-0.15, -0.1) is 0 Å². The number of aryl methyl sites for hydroxylation is 1. The number of rotatable bonds is 7. The average Bonchev–Trinajstić information content (AvgIpc) is 3.18. The number of carbonyl (C=O) groups is 1. The molecule has 1 aromatic carbocycles. The maximum absolute atomic E-state index is 12.3. The number of ether oxygens (including phenoxy) is 3. The van der Waals surface area contributed by atoms with Crippen LogP contribution in [0.5, 0.6) is 17.2 Å². The van der Waals surface area contributed by atoms with E-state index in [1.807, 2.05) is 31.3 Å². The van der Waals surface area contributed by atoms with Crippen molar-refractivity contribution in [3.05, 3.63) is 36.2 Å². The van der Waals surface area contributed by atoms with E-state index in [-0.39, 0.29) is 18.1 Å². The molecule has 1 aliphatic carbocycles. The lowest BCUT2D eigenvalue weighted by atomic mass is 9.93. The Morgan fingerprint density at radius 3 is 2.52 bits per heavy atom. The molecule has 0 atom stereocenters. The van der Waals surface area contributed by atoms with Gasteiger partial charge in [0.25, 0.3) is 5.91 Å². The molecule has 1 aliphatic rings. The van der Waals surface area contributed by atoms with Crippen LogP contribution in [0.15, 0.2) is 30.5 Å². The zero-order chi connectivity index (χ0) is 19.2. The summed E-state index contributed by atoms with van der Waals surface area (Å²) in [4.78, 5) is 12.3. The van der Waals surface area contributed by atoms with Crippen LogP contribution in [0.25, 0.3) is 0 Å². The van der Waals surface area contributed by atoms with E-state index in [1.54, 1.807) is 25.0 Å². The lowest BCUT2D eigenvalue weighted by Crippen LogP contribution is -2.39. The molecule has 1 amide bonds. The second-order valence-corrected chi connectivity index (χ2v) is 6.61. The first-order chi connectivity index (χ1) is 13.1. The van der Waals surface area contributed by atoms with Gasteiger partial charge in [-0.2, -0.15) is 5.10 Å². The lowest BCUT2D eigenvalue weighted by molar-refractivity contribution is 0.0885. The van der Waals surface area contributed by atoms with E-state index in [1.165, 1.54) is 0 Å². The Morgan fingerprint density at radius 1 is 1.15 bits per heavy atom. The third-order valence-corrected chi connectivity index (χ3v) is 4.87. The summed E-state index contributed by atoms with van der Waals surface area (Å²) < 4.78 is 18.6. The molecular weight excluding hydrogens is 346 g/mol. The highest BCUT2D eigenvalue weighted by molar-refractivity contribution is 5.92. The summed E-state index contributed by atoms with van der Waals surface area (Å²) in [5.41, 5.74) is 0.469. The highest BCUT2D eigenvalue weighted by Gasteiger charge is 2.25. The number of para-hydroxylation sites is 1. The van der Waals surface area contributed by atoms with E-state index in [0.717, 1.165) is 32.2 Å². The Hall–Kier alpha value is -2.70. The summed E-state index contributed by atoms with van der Waals surface area (Å²) >= 11 is 0. The monoisotopic (exact) mass is 373 g/mol. The minimum atomic E-state index is -0.110. The first-order valence-corrected chi connectivity index (χ1v) is 9.36.